The van der Waals surface area contributed by atoms with Crippen LogP contribution in [0.2, 0.25) is 0 Å². The van der Waals surface area contributed by atoms with Gasteiger partial charge in [0.05, 0.1) is 0 Å². The van der Waals surface area contributed by atoms with Gasteiger partial charge in [0.2, 0.25) is 0 Å². The number of hydrogen-bond donors (Lipinski definition) is 1. The summed E-state index contributed by atoms with van der Waals surface area (Å²) in [5.41, 5.74) is 4.08. The van der Waals surface area contributed by atoms with Crippen molar-refractivity contribution in [2.75, 3.05) is 5.32 Å². The molecule has 0 spiro atoms. The topological polar surface area (TPSA) is 29.1 Å². The van der Waals surface area contributed by atoms with Crippen LogP contribution >= 0.6 is 0 Å². The van der Waals surface area contributed by atoms with Crippen LogP contribution in [0, 0.1) is 0 Å². The van der Waals surface area contributed by atoms with E-state index in [2.05, 4.69) is 45.1 Å². The molecule has 22 heavy (non-hydrogen) atoms. The maximum absolute atomic E-state index is 12.3. The summed E-state index contributed by atoms with van der Waals surface area (Å²) in [6, 6.07) is 15.9. The summed E-state index contributed by atoms with van der Waals surface area (Å²) in [6.45, 7) is 8.69. The normalized spacial score (nSPS) is 12.2. The molecular formula is C20H25NO. The number of amides is 1. The SMILES string of the molecule is CCC(C)c1ccc(NC(=O)c2ccc(C(C)C)cc2)cc1. The Labute approximate surface area is 133 Å². The second-order valence-corrected chi connectivity index (χ2v) is 6.16. The van der Waals surface area contributed by atoms with Crippen LogP contribution in [0.1, 0.15) is 67.4 Å². The number of carbonyl (C=O) groups excluding carboxylic acids is 1. The van der Waals surface area contributed by atoms with Gasteiger partial charge in [-0.3, -0.25) is 4.79 Å². The van der Waals surface area contributed by atoms with Crippen molar-refractivity contribution in [3.63, 3.8) is 0 Å². The molecule has 0 radical (unpaired) electrons. The average molecular weight is 295 g/mol. The molecule has 116 valence electrons. The molecule has 1 atom stereocenters. The summed E-state index contributed by atoms with van der Waals surface area (Å²) in [7, 11) is 0. The predicted molar refractivity (Wildman–Crippen MR) is 93.6 cm³/mol. The van der Waals surface area contributed by atoms with E-state index in [1.807, 2.05) is 36.4 Å². The monoisotopic (exact) mass is 295 g/mol. The summed E-state index contributed by atoms with van der Waals surface area (Å²) >= 11 is 0. The third-order valence-corrected chi connectivity index (χ3v) is 4.19. The fraction of sp³-hybridized carbons (Fsp3) is 0.350. The molecule has 2 heteroatoms. The lowest BCUT2D eigenvalue weighted by atomic mass is 9.98. The van der Waals surface area contributed by atoms with Gasteiger partial charge < -0.3 is 5.32 Å². The van der Waals surface area contributed by atoms with E-state index in [0.717, 1.165) is 12.1 Å². The van der Waals surface area contributed by atoms with Crippen LogP contribution in [-0.2, 0) is 0 Å². The van der Waals surface area contributed by atoms with Crippen LogP contribution in [0.15, 0.2) is 48.5 Å². The molecule has 0 aromatic heterocycles. The smallest absolute Gasteiger partial charge is 0.255 e. The number of rotatable bonds is 5. The fourth-order valence-electron chi connectivity index (χ4n) is 2.35. The highest BCUT2D eigenvalue weighted by Gasteiger charge is 2.08. The molecule has 0 saturated carbocycles. The summed E-state index contributed by atoms with van der Waals surface area (Å²) in [6.07, 6.45) is 1.12. The number of nitrogens with one attached hydrogen (secondary N) is 1. The van der Waals surface area contributed by atoms with Crippen LogP contribution < -0.4 is 5.32 Å². The molecule has 2 rings (SSSR count). The maximum Gasteiger partial charge on any atom is 0.255 e. The van der Waals surface area contributed by atoms with Crippen molar-refractivity contribution in [2.24, 2.45) is 0 Å². The van der Waals surface area contributed by atoms with E-state index in [-0.39, 0.29) is 5.91 Å². The van der Waals surface area contributed by atoms with Gasteiger partial charge in [-0.25, -0.2) is 0 Å². The third-order valence-electron chi connectivity index (χ3n) is 4.19. The van der Waals surface area contributed by atoms with Crippen molar-refractivity contribution < 1.29 is 4.79 Å². The molecule has 0 bridgehead atoms. The molecule has 1 amide bonds. The Morgan fingerprint density at radius 1 is 0.909 bits per heavy atom. The van der Waals surface area contributed by atoms with Crippen LogP contribution in [0.5, 0.6) is 0 Å². The van der Waals surface area contributed by atoms with Gasteiger partial charge in [0.1, 0.15) is 0 Å². The molecule has 0 saturated heterocycles. The van der Waals surface area contributed by atoms with Gasteiger partial charge in [0, 0.05) is 11.3 Å². The Morgan fingerprint density at radius 2 is 1.45 bits per heavy atom. The first-order valence-electron chi connectivity index (χ1n) is 8.02. The van der Waals surface area contributed by atoms with E-state index in [0.29, 0.717) is 17.4 Å². The Kier molecular flexibility index (Phi) is 5.37. The Bertz CT molecular complexity index is 611. The van der Waals surface area contributed by atoms with E-state index in [9.17, 15) is 4.79 Å². The van der Waals surface area contributed by atoms with Crippen molar-refractivity contribution in [2.45, 2.75) is 46.0 Å². The standard InChI is InChI=1S/C20H25NO/c1-5-15(4)17-10-12-19(13-11-17)21-20(22)18-8-6-16(7-9-18)14(2)3/h6-15H,5H2,1-4H3,(H,21,22). The molecule has 0 aliphatic rings. The summed E-state index contributed by atoms with van der Waals surface area (Å²) in [5, 5.41) is 2.95. The van der Waals surface area contributed by atoms with Crippen LogP contribution in [0.4, 0.5) is 5.69 Å². The predicted octanol–water partition coefficient (Wildman–Crippen LogP) is 5.58. The van der Waals surface area contributed by atoms with E-state index >= 15 is 0 Å². The van der Waals surface area contributed by atoms with Crippen LogP contribution in [0.3, 0.4) is 0 Å². The van der Waals surface area contributed by atoms with Gasteiger partial charge in [-0.15, -0.1) is 0 Å². The van der Waals surface area contributed by atoms with Crippen molar-refractivity contribution >= 4 is 11.6 Å². The second-order valence-electron chi connectivity index (χ2n) is 6.16. The lowest BCUT2D eigenvalue weighted by Crippen LogP contribution is -2.12. The van der Waals surface area contributed by atoms with Crippen molar-refractivity contribution in [1.29, 1.82) is 0 Å². The first-order chi connectivity index (χ1) is 10.5. The zero-order valence-corrected chi connectivity index (χ0v) is 13.9. The number of hydrogen-bond acceptors (Lipinski definition) is 1. The molecule has 2 nitrogen and oxygen atoms in total. The molecule has 0 heterocycles. The molecule has 1 N–H and O–H groups in total. The second kappa shape index (κ2) is 7.26. The Morgan fingerprint density at radius 3 is 1.95 bits per heavy atom. The molecule has 2 aromatic carbocycles. The third kappa shape index (κ3) is 3.97. The van der Waals surface area contributed by atoms with E-state index in [1.54, 1.807) is 0 Å². The van der Waals surface area contributed by atoms with E-state index in [4.69, 9.17) is 0 Å². The zero-order valence-electron chi connectivity index (χ0n) is 13.9. The summed E-state index contributed by atoms with van der Waals surface area (Å²) in [5.74, 6) is 0.963. The summed E-state index contributed by atoms with van der Waals surface area (Å²) in [4.78, 5) is 12.3. The maximum atomic E-state index is 12.3. The van der Waals surface area contributed by atoms with Crippen molar-refractivity contribution in [1.82, 2.24) is 0 Å². The Balaban J connectivity index is 2.05. The minimum Gasteiger partial charge on any atom is -0.322 e. The lowest BCUT2D eigenvalue weighted by Gasteiger charge is -2.11. The average Bonchev–Trinajstić information content (AvgIpc) is 2.54. The molecule has 2 aromatic rings. The van der Waals surface area contributed by atoms with Gasteiger partial charge in [0.25, 0.3) is 5.91 Å². The fourth-order valence-corrected chi connectivity index (χ4v) is 2.35. The van der Waals surface area contributed by atoms with Gasteiger partial charge in [-0.1, -0.05) is 52.0 Å². The number of anilines is 1. The van der Waals surface area contributed by atoms with E-state index in [1.165, 1.54) is 11.1 Å². The molecule has 0 aliphatic carbocycles. The number of carbonyl (C=O) groups is 1. The molecule has 1 unspecified atom stereocenters. The molecule has 0 aliphatic heterocycles. The number of benzene rings is 2. The van der Waals surface area contributed by atoms with E-state index < -0.39 is 0 Å². The Hall–Kier alpha value is -2.09. The van der Waals surface area contributed by atoms with Gasteiger partial charge in [0.15, 0.2) is 0 Å². The minimum absolute atomic E-state index is 0.0633. The zero-order chi connectivity index (χ0) is 16.1. The first kappa shape index (κ1) is 16.3. The highest BCUT2D eigenvalue weighted by molar-refractivity contribution is 6.04. The van der Waals surface area contributed by atoms with Gasteiger partial charge >= 0.3 is 0 Å². The van der Waals surface area contributed by atoms with Gasteiger partial charge in [-0.2, -0.15) is 0 Å². The van der Waals surface area contributed by atoms with Crippen molar-refractivity contribution in [3.05, 3.63) is 65.2 Å². The minimum atomic E-state index is -0.0633. The van der Waals surface area contributed by atoms with Crippen LogP contribution in [-0.4, -0.2) is 5.91 Å². The molecule has 0 fully saturated rings. The quantitative estimate of drug-likeness (QED) is 0.767. The highest BCUT2D eigenvalue weighted by Crippen LogP contribution is 2.21. The van der Waals surface area contributed by atoms with Crippen LogP contribution in [0.25, 0.3) is 0 Å². The largest absolute Gasteiger partial charge is 0.322 e. The van der Waals surface area contributed by atoms with Gasteiger partial charge in [-0.05, 0) is 53.6 Å². The first-order valence-corrected chi connectivity index (χ1v) is 8.02. The highest BCUT2D eigenvalue weighted by atomic mass is 16.1. The van der Waals surface area contributed by atoms with Crippen molar-refractivity contribution in [3.8, 4) is 0 Å². The summed E-state index contributed by atoms with van der Waals surface area (Å²) < 4.78 is 0. The lowest BCUT2D eigenvalue weighted by molar-refractivity contribution is 0.102. The molecular weight excluding hydrogens is 270 g/mol.